The van der Waals surface area contributed by atoms with Gasteiger partial charge in [-0.05, 0) is 25.7 Å². The summed E-state index contributed by atoms with van der Waals surface area (Å²) in [5.74, 6) is 1.52. The van der Waals surface area contributed by atoms with Crippen molar-refractivity contribution in [3.05, 3.63) is 17.1 Å². The van der Waals surface area contributed by atoms with Crippen LogP contribution in [0.15, 0.2) is 9.31 Å². The standard InChI is InChI=1S/C13H21NO4S/c1-8-5-14(6-9(8)2)19(16,17)13-11(4)18-10(3)12(13)7-15/h8-9,15H,5-7H2,1-4H3. The van der Waals surface area contributed by atoms with Gasteiger partial charge in [0.15, 0.2) is 0 Å². The Labute approximate surface area is 114 Å². The van der Waals surface area contributed by atoms with Crippen LogP contribution in [-0.4, -0.2) is 30.9 Å². The maximum Gasteiger partial charge on any atom is 0.246 e. The SMILES string of the molecule is Cc1oc(C)c(S(=O)(=O)N2CC(C)C(C)C2)c1CO. The summed E-state index contributed by atoms with van der Waals surface area (Å²) in [5.41, 5.74) is 0.379. The quantitative estimate of drug-likeness (QED) is 0.918. The van der Waals surface area contributed by atoms with Gasteiger partial charge in [0.05, 0.1) is 6.61 Å². The van der Waals surface area contributed by atoms with Gasteiger partial charge in [-0.1, -0.05) is 13.8 Å². The Morgan fingerprint density at radius 2 is 1.74 bits per heavy atom. The highest BCUT2D eigenvalue weighted by Gasteiger charge is 2.38. The number of furan rings is 1. The Balaban J connectivity index is 2.46. The first kappa shape index (κ1) is 14.6. The molecule has 0 amide bonds. The van der Waals surface area contributed by atoms with Crippen molar-refractivity contribution >= 4 is 10.0 Å². The van der Waals surface area contributed by atoms with E-state index in [1.54, 1.807) is 13.8 Å². The zero-order chi connectivity index (χ0) is 14.4. The minimum atomic E-state index is -3.58. The lowest BCUT2D eigenvalue weighted by molar-refractivity contribution is 0.276. The predicted molar refractivity (Wildman–Crippen MR) is 71.2 cm³/mol. The lowest BCUT2D eigenvalue weighted by Gasteiger charge is -2.16. The molecule has 0 radical (unpaired) electrons. The van der Waals surface area contributed by atoms with Crippen molar-refractivity contribution < 1.29 is 17.9 Å². The van der Waals surface area contributed by atoms with E-state index in [0.29, 0.717) is 42.0 Å². The fraction of sp³-hybridized carbons (Fsp3) is 0.692. The van der Waals surface area contributed by atoms with Gasteiger partial charge in [-0.3, -0.25) is 0 Å². The van der Waals surface area contributed by atoms with Crippen molar-refractivity contribution in [2.45, 2.75) is 39.2 Å². The van der Waals surface area contributed by atoms with Gasteiger partial charge in [-0.2, -0.15) is 4.31 Å². The highest BCUT2D eigenvalue weighted by Crippen LogP contribution is 2.33. The van der Waals surface area contributed by atoms with E-state index in [1.807, 2.05) is 0 Å². The zero-order valence-corrected chi connectivity index (χ0v) is 12.6. The molecular formula is C13H21NO4S. The molecule has 5 nitrogen and oxygen atoms in total. The lowest BCUT2D eigenvalue weighted by Crippen LogP contribution is -2.30. The molecular weight excluding hydrogens is 266 g/mol. The van der Waals surface area contributed by atoms with Gasteiger partial charge in [-0.15, -0.1) is 0 Å². The number of aliphatic hydroxyl groups is 1. The van der Waals surface area contributed by atoms with Crippen molar-refractivity contribution in [2.75, 3.05) is 13.1 Å². The molecule has 0 aliphatic carbocycles. The molecule has 1 aliphatic rings. The van der Waals surface area contributed by atoms with Crippen LogP contribution in [0.4, 0.5) is 0 Å². The monoisotopic (exact) mass is 287 g/mol. The molecule has 2 rings (SSSR count). The highest BCUT2D eigenvalue weighted by atomic mass is 32.2. The predicted octanol–water partition coefficient (Wildman–Crippen LogP) is 1.67. The van der Waals surface area contributed by atoms with Crippen LogP contribution < -0.4 is 0 Å². The van der Waals surface area contributed by atoms with Crippen molar-refractivity contribution in [3.8, 4) is 0 Å². The van der Waals surface area contributed by atoms with Crippen LogP contribution >= 0.6 is 0 Å². The topological polar surface area (TPSA) is 70.8 Å². The van der Waals surface area contributed by atoms with E-state index in [0.717, 1.165) is 0 Å². The molecule has 0 spiro atoms. The summed E-state index contributed by atoms with van der Waals surface area (Å²) in [6.45, 7) is 8.14. The Kier molecular flexibility index (Phi) is 3.77. The summed E-state index contributed by atoms with van der Waals surface area (Å²) in [6.07, 6.45) is 0. The molecule has 1 saturated heterocycles. The lowest BCUT2D eigenvalue weighted by atomic mass is 10.0. The normalized spacial score (nSPS) is 25.1. The highest BCUT2D eigenvalue weighted by molar-refractivity contribution is 7.89. The van der Waals surface area contributed by atoms with Crippen molar-refractivity contribution in [1.82, 2.24) is 4.31 Å². The number of hydrogen-bond donors (Lipinski definition) is 1. The molecule has 108 valence electrons. The Morgan fingerprint density at radius 3 is 2.21 bits per heavy atom. The van der Waals surface area contributed by atoms with Gasteiger partial charge in [-0.25, -0.2) is 8.42 Å². The Morgan fingerprint density at radius 1 is 1.21 bits per heavy atom. The molecule has 1 aromatic heterocycles. The molecule has 6 heteroatoms. The molecule has 2 atom stereocenters. The summed E-state index contributed by atoms with van der Waals surface area (Å²) < 4.78 is 32.3. The first-order valence-corrected chi connectivity index (χ1v) is 7.93. The fourth-order valence-electron chi connectivity index (χ4n) is 2.63. The number of rotatable bonds is 3. The third-order valence-electron chi connectivity index (χ3n) is 4.04. The van der Waals surface area contributed by atoms with Gasteiger partial charge >= 0.3 is 0 Å². The van der Waals surface area contributed by atoms with E-state index in [2.05, 4.69) is 13.8 Å². The van der Waals surface area contributed by atoms with Crippen LogP contribution in [0.2, 0.25) is 0 Å². The number of aliphatic hydroxyl groups excluding tert-OH is 1. The second-order valence-electron chi connectivity index (χ2n) is 5.46. The van der Waals surface area contributed by atoms with E-state index in [4.69, 9.17) is 4.42 Å². The van der Waals surface area contributed by atoms with E-state index in [9.17, 15) is 13.5 Å². The van der Waals surface area contributed by atoms with E-state index in [1.165, 1.54) is 4.31 Å². The van der Waals surface area contributed by atoms with Gasteiger partial charge in [0, 0.05) is 18.7 Å². The Bertz CT molecular complexity index is 566. The molecule has 1 fully saturated rings. The molecule has 1 aliphatic heterocycles. The van der Waals surface area contributed by atoms with Crippen LogP contribution in [0, 0.1) is 25.7 Å². The van der Waals surface area contributed by atoms with Crippen LogP contribution in [0.1, 0.15) is 30.9 Å². The molecule has 0 aromatic carbocycles. The third kappa shape index (κ3) is 2.32. The summed E-state index contributed by atoms with van der Waals surface area (Å²) in [6, 6.07) is 0. The molecule has 1 N–H and O–H groups in total. The minimum Gasteiger partial charge on any atom is -0.465 e. The molecule has 2 heterocycles. The first-order chi connectivity index (χ1) is 8.78. The fourth-order valence-corrected chi connectivity index (χ4v) is 4.68. The van der Waals surface area contributed by atoms with Crippen molar-refractivity contribution in [3.63, 3.8) is 0 Å². The maximum absolute atomic E-state index is 12.7. The number of sulfonamides is 1. The smallest absolute Gasteiger partial charge is 0.246 e. The molecule has 2 unspecified atom stereocenters. The summed E-state index contributed by atoms with van der Waals surface area (Å²) >= 11 is 0. The second-order valence-corrected chi connectivity index (χ2v) is 7.33. The van der Waals surface area contributed by atoms with Gasteiger partial charge in [0.25, 0.3) is 0 Å². The molecule has 19 heavy (non-hydrogen) atoms. The Hall–Kier alpha value is -0.850. The van der Waals surface area contributed by atoms with Crippen LogP contribution in [0.5, 0.6) is 0 Å². The largest absolute Gasteiger partial charge is 0.465 e. The summed E-state index contributed by atoms with van der Waals surface area (Å²) in [5, 5.41) is 9.38. The van der Waals surface area contributed by atoms with Crippen LogP contribution in [0.3, 0.4) is 0 Å². The van der Waals surface area contributed by atoms with Gasteiger partial charge in [0.1, 0.15) is 16.4 Å². The van der Waals surface area contributed by atoms with E-state index >= 15 is 0 Å². The number of hydrogen-bond acceptors (Lipinski definition) is 4. The molecule has 0 saturated carbocycles. The maximum atomic E-state index is 12.7. The summed E-state index contributed by atoms with van der Waals surface area (Å²) in [4.78, 5) is 0.147. The number of nitrogens with zero attached hydrogens (tertiary/aromatic N) is 1. The summed E-state index contributed by atoms with van der Waals surface area (Å²) in [7, 11) is -3.58. The molecule has 1 aromatic rings. The van der Waals surface area contributed by atoms with Gasteiger partial charge < -0.3 is 9.52 Å². The van der Waals surface area contributed by atoms with E-state index < -0.39 is 10.0 Å². The number of aryl methyl sites for hydroxylation is 2. The van der Waals surface area contributed by atoms with E-state index in [-0.39, 0.29) is 11.5 Å². The third-order valence-corrected chi connectivity index (χ3v) is 6.06. The van der Waals surface area contributed by atoms with Crippen LogP contribution in [-0.2, 0) is 16.6 Å². The van der Waals surface area contributed by atoms with Crippen molar-refractivity contribution in [1.29, 1.82) is 0 Å². The average Bonchev–Trinajstić information content (AvgIpc) is 2.80. The minimum absolute atomic E-state index is 0.147. The van der Waals surface area contributed by atoms with Crippen LogP contribution in [0.25, 0.3) is 0 Å². The van der Waals surface area contributed by atoms with Crippen molar-refractivity contribution in [2.24, 2.45) is 11.8 Å². The van der Waals surface area contributed by atoms with Gasteiger partial charge in [0.2, 0.25) is 10.0 Å². The molecule has 0 bridgehead atoms. The average molecular weight is 287 g/mol. The second kappa shape index (κ2) is 4.92. The first-order valence-electron chi connectivity index (χ1n) is 6.49. The zero-order valence-electron chi connectivity index (χ0n) is 11.8.